The van der Waals surface area contributed by atoms with Gasteiger partial charge in [0, 0.05) is 13.5 Å². The summed E-state index contributed by atoms with van der Waals surface area (Å²) < 4.78 is 2.83. The van der Waals surface area contributed by atoms with Crippen molar-refractivity contribution in [2.75, 3.05) is 0 Å². The normalized spacial score (nSPS) is 13.0. The Bertz CT molecular complexity index is 474. The molecule has 0 aliphatic heterocycles. The lowest BCUT2D eigenvalue weighted by Gasteiger charge is -2.08. The predicted octanol–water partition coefficient (Wildman–Crippen LogP) is 0.852. The van der Waals surface area contributed by atoms with Gasteiger partial charge in [0.05, 0.1) is 21.9 Å². The van der Waals surface area contributed by atoms with Gasteiger partial charge < -0.3 is 5.73 Å². The molecular weight excluding hydrogens is 272 g/mol. The maximum Gasteiger partial charge on any atom is 0.141 e. The van der Waals surface area contributed by atoms with E-state index in [1.165, 1.54) is 6.33 Å². The maximum absolute atomic E-state index is 6.02. The van der Waals surface area contributed by atoms with Gasteiger partial charge >= 0.3 is 0 Å². The van der Waals surface area contributed by atoms with E-state index in [-0.39, 0.29) is 6.04 Å². The number of halogens is 1. The third kappa shape index (κ3) is 2.00. The fraction of sp³-hybridized carbons (Fsp3) is 0.444. The minimum atomic E-state index is -0.200. The summed E-state index contributed by atoms with van der Waals surface area (Å²) in [4.78, 5) is 4.04. The van der Waals surface area contributed by atoms with E-state index in [1.807, 2.05) is 18.7 Å². The maximum atomic E-state index is 6.02. The zero-order valence-corrected chi connectivity index (χ0v) is 10.7. The van der Waals surface area contributed by atoms with Crippen LogP contribution in [-0.4, -0.2) is 25.0 Å². The number of hydrogen-bond acceptors (Lipinski definition) is 4. The van der Waals surface area contributed by atoms with Crippen LogP contribution in [0, 0.1) is 6.92 Å². The van der Waals surface area contributed by atoms with Gasteiger partial charge in [-0.25, -0.2) is 4.98 Å². The highest BCUT2D eigenvalue weighted by Crippen LogP contribution is 2.23. The highest BCUT2D eigenvalue weighted by Gasteiger charge is 2.16. The quantitative estimate of drug-likeness (QED) is 0.875. The Hall–Kier alpha value is -1.21. The first-order valence-electron chi connectivity index (χ1n) is 4.88. The van der Waals surface area contributed by atoms with Crippen LogP contribution in [0.5, 0.6) is 0 Å². The van der Waals surface area contributed by atoms with E-state index in [9.17, 15) is 0 Å². The lowest BCUT2D eigenvalue weighted by Crippen LogP contribution is -2.17. The molecule has 0 spiro atoms. The smallest absolute Gasteiger partial charge is 0.141 e. The van der Waals surface area contributed by atoms with Crippen LogP contribution in [0.25, 0.3) is 0 Å². The van der Waals surface area contributed by atoms with Crippen molar-refractivity contribution in [3.05, 3.63) is 28.0 Å². The summed E-state index contributed by atoms with van der Waals surface area (Å²) in [5, 5.41) is 10.9. The fourth-order valence-corrected chi connectivity index (χ4v) is 2.10. The molecule has 2 rings (SSSR count). The Balaban J connectivity index is 2.21. The number of hydrogen-bond donors (Lipinski definition) is 2. The van der Waals surface area contributed by atoms with Crippen molar-refractivity contribution < 1.29 is 0 Å². The SMILES string of the molecule is Cc1nn(C)c(CC(N)c2ncn[nH]2)c1Br. The average Bonchev–Trinajstić information content (AvgIpc) is 2.83. The van der Waals surface area contributed by atoms with Gasteiger partial charge in [0.1, 0.15) is 12.2 Å². The third-order valence-electron chi connectivity index (χ3n) is 2.46. The molecule has 0 saturated heterocycles. The molecule has 1 unspecified atom stereocenters. The number of nitrogens with one attached hydrogen (secondary N) is 1. The summed E-state index contributed by atoms with van der Waals surface area (Å²) in [6, 6.07) is -0.200. The zero-order chi connectivity index (χ0) is 11.7. The highest BCUT2D eigenvalue weighted by atomic mass is 79.9. The average molecular weight is 285 g/mol. The first-order valence-corrected chi connectivity index (χ1v) is 5.67. The van der Waals surface area contributed by atoms with E-state index in [0.717, 1.165) is 15.9 Å². The molecule has 0 bridgehead atoms. The molecule has 0 aliphatic rings. The molecular formula is C9H13BrN6. The van der Waals surface area contributed by atoms with Crippen LogP contribution in [0.3, 0.4) is 0 Å². The van der Waals surface area contributed by atoms with Gasteiger partial charge in [-0.15, -0.1) is 0 Å². The summed E-state index contributed by atoms with van der Waals surface area (Å²) in [6.07, 6.45) is 2.12. The van der Waals surface area contributed by atoms with Gasteiger partial charge in [-0.1, -0.05) is 0 Å². The van der Waals surface area contributed by atoms with Crippen LogP contribution >= 0.6 is 15.9 Å². The van der Waals surface area contributed by atoms with Crippen molar-refractivity contribution in [2.45, 2.75) is 19.4 Å². The number of nitrogens with zero attached hydrogens (tertiary/aromatic N) is 4. The lowest BCUT2D eigenvalue weighted by molar-refractivity contribution is 0.614. The first kappa shape index (κ1) is 11.3. The van der Waals surface area contributed by atoms with Crippen LogP contribution in [0.4, 0.5) is 0 Å². The molecule has 0 radical (unpaired) electrons. The molecule has 0 amide bonds. The van der Waals surface area contributed by atoms with E-state index in [0.29, 0.717) is 12.2 Å². The van der Waals surface area contributed by atoms with Crippen molar-refractivity contribution in [3.63, 3.8) is 0 Å². The minimum Gasteiger partial charge on any atom is -0.321 e. The Morgan fingerprint density at radius 3 is 2.88 bits per heavy atom. The van der Waals surface area contributed by atoms with Crippen LogP contribution in [0.2, 0.25) is 0 Å². The lowest BCUT2D eigenvalue weighted by atomic mass is 10.1. The van der Waals surface area contributed by atoms with Crippen molar-refractivity contribution in [2.24, 2.45) is 12.8 Å². The first-order chi connectivity index (χ1) is 7.59. The summed E-state index contributed by atoms with van der Waals surface area (Å²) in [5.41, 5.74) is 8.04. The van der Waals surface area contributed by atoms with Crippen LogP contribution in [-0.2, 0) is 13.5 Å². The number of nitrogens with two attached hydrogens (primary N) is 1. The molecule has 2 heterocycles. The molecule has 0 aromatic carbocycles. The van der Waals surface area contributed by atoms with Gasteiger partial charge in [-0.05, 0) is 22.9 Å². The third-order valence-corrected chi connectivity index (χ3v) is 3.49. The Kier molecular flexibility index (Phi) is 3.06. The standard InChI is InChI=1S/C9H13BrN6/c1-5-8(10)7(16(2)15-5)3-6(11)9-12-4-13-14-9/h4,6H,3,11H2,1-2H3,(H,12,13,14). The molecule has 3 N–H and O–H groups in total. The van der Waals surface area contributed by atoms with Crippen LogP contribution in [0.1, 0.15) is 23.3 Å². The second-order valence-electron chi connectivity index (χ2n) is 3.65. The monoisotopic (exact) mass is 284 g/mol. The van der Waals surface area contributed by atoms with Gasteiger partial charge in [-0.2, -0.15) is 10.2 Å². The van der Waals surface area contributed by atoms with Gasteiger partial charge in [0.25, 0.3) is 0 Å². The van der Waals surface area contributed by atoms with Crippen molar-refractivity contribution >= 4 is 15.9 Å². The van der Waals surface area contributed by atoms with E-state index >= 15 is 0 Å². The minimum absolute atomic E-state index is 0.200. The molecule has 7 heteroatoms. The van der Waals surface area contributed by atoms with E-state index in [2.05, 4.69) is 36.2 Å². The van der Waals surface area contributed by atoms with Gasteiger partial charge in [0.15, 0.2) is 0 Å². The number of aromatic nitrogens is 5. The number of rotatable bonds is 3. The summed E-state index contributed by atoms with van der Waals surface area (Å²) in [6.45, 7) is 1.95. The summed E-state index contributed by atoms with van der Waals surface area (Å²) in [7, 11) is 1.90. The van der Waals surface area contributed by atoms with Crippen molar-refractivity contribution in [3.8, 4) is 0 Å². The predicted molar refractivity (Wildman–Crippen MR) is 62.7 cm³/mol. The molecule has 6 nitrogen and oxygen atoms in total. The Morgan fingerprint density at radius 2 is 2.38 bits per heavy atom. The molecule has 86 valence electrons. The second kappa shape index (κ2) is 4.34. The van der Waals surface area contributed by atoms with E-state index in [4.69, 9.17) is 5.73 Å². The number of aromatic amines is 1. The van der Waals surface area contributed by atoms with Crippen LogP contribution in [0.15, 0.2) is 10.8 Å². The highest BCUT2D eigenvalue weighted by molar-refractivity contribution is 9.10. The molecule has 16 heavy (non-hydrogen) atoms. The number of aryl methyl sites for hydroxylation is 2. The molecule has 0 aliphatic carbocycles. The molecule has 2 aromatic heterocycles. The van der Waals surface area contributed by atoms with E-state index < -0.39 is 0 Å². The molecule has 1 atom stereocenters. The molecule has 0 fully saturated rings. The Labute approximate surface area is 101 Å². The largest absolute Gasteiger partial charge is 0.321 e. The summed E-state index contributed by atoms with van der Waals surface area (Å²) in [5.74, 6) is 0.686. The molecule has 0 saturated carbocycles. The summed E-state index contributed by atoms with van der Waals surface area (Å²) >= 11 is 3.51. The topological polar surface area (TPSA) is 85.4 Å². The Morgan fingerprint density at radius 1 is 1.62 bits per heavy atom. The number of H-pyrrole nitrogens is 1. The van der Waals surface area contributed by atoms with Gasteiger partial charge in [0.2, 0.25) is 0 Å². The van der Waals surface area contributed by atoms with E-state index in [1.54, 1.807) is 0 Å². The second-order valence-corrected chi connectivity index (χ2v) is 4.44. The van der Waals surface area contributed by atoms with Crippen molar-refractivity contribution in [1.82, 2.24) is 25.0 Å². The fourth-order valence-electron chi connectivity index (χ4n) is 1.60. The van der Waals surface area contributed by atoms with Gasteiger partial charge in [-0.3, -0.25) is 9.78 Å². The van der Waals surface area contributed by atoms with Crippen molar-refractivity contribution in [1.29, 1.82) is 0 Å². The van der Waals surface area contributed by atoms with Crippen LogP contribution < -0.4 is 5.73 Å². The molecule has 2 aromatic rings. The zero-order valence-electron chi connectivity index (χ0n) is 9.11.